The molecule has 3 rings (SSSR count). The van der Waals surface area contributed by atoms with Crippen molar-refractivity contribution in [2.45, 2.75) is 134 Å². The van der Waals surface area contributed by atoms with E-state index in [9.17, 15) is 5.53 Å². The third-order valence-corrected chi connectivity index (χ3v) is 14.3. The third kappa shape index (κ3) is 9.42. The zero-order valence-electron chi connectivity index (χ0n) is 27.0. The quantitative estimate of drug-likeness (QED) is 0.0607. The van der Waals surface area contributed by atoms with Crippen molar-refractivity contribution in [1.82, 2.24) is 5.32 Å². The number of azide groups is 1. The van der Waals surface area contributed by atoms with Crippen molar-refractivity contribution < 1.29 is 4.43 Å². The van der Waals surface area contributed by atoms with Gasteiger partial charge in [-0.3, -0.25) is 0 Å². The molecule has 0 radical (unpaired) electrons. The zero-order chi connectivity index (χ0) is 30.4. The normalized spacial score (nSPS) is 19.7. The maximum Gasteiger partial charge on any atom is 0.261 e. The van der Waals surface area contributed by atoms with Gasteiger partial charge in [-0.2, -0.15) is 0 Å². The van der Waals surface area contributed by atoms with Gasteiger partial charge in [0.15, 0.2) is 0 Å². The van der Waals surface area contributed by atoms with Crippen molar-refractivity contribution in [3.05, 3.63) is 71.1 Å². The van der Waals surface area contributed by atoms with Crippen LogP contribution in [0, 0.1) is 5.92 Å². The molecule has 0 amide bonds. The molecular formula is C35H57N5OSi. The maximum atomic E-state index is 9.37. The number of benzene rings is 2. The van der Waals surface area contributed by atoms with Gasteiger partial charge in [-0.25, -0.2) is 0 Å². The Bertz CT molecular complexity index is 1030. The molecule has 6 nitrogen and oxygen atoms in total. The van der Waals surface area contributed by atoms with Crippen molar-refractivity contribution in [2.24, 2.45) is 16.8 Å². The minimum absolute atomic E-state index is 0.0758. The fraction of sp³-hybridized carbons (Fsp3) is 0.657. The highest BCUT2D eigenvalue weighted by Gasteiger charge is 2.51. The first-order valence-electron chi connectivity index (χ1n) is 16.5. The Labute approximate surface area is 257 Å². The number of unbranched alkanes of at least 4 members (excludes halogenated alkanes) is 6. The van der Waals surface area contributed by atoms with Gasteiger partial charge in [0.05, 0.1) is 0 Å². The average molecular weight is 592 g/mol. The number of nitrogens with one attached hydrogen (secondary N) is 1. The minimum atomic E-state index is -2.69. The molecular weight excluding hydrogens is 535 g/mol. The molecule has 7 heteroatoms. The lowest BCUT2D eigenvalue weighted by molar-refractivity contribution is 0.184. The van der Waals surface area contributed by atoms with Crippen molar-refractivity contribution in [1.29, 1.82) is 0 Å². The molecule has 5 atom stereocenters. The molecule has 232 valence electrons. The van der Waals surface area contributed by atoms with Gasteiger partial charge in [0.1, 0.15) is 0 Å². The summed E-state index contributed by atoms with van der Waals surface area (Å²) in [6.07, 6.45) is 13.5. The number of nitrogens with two attached hydrogens (primary N) is 1. The summed E-state index contributed by atoms with van der Waals surface area (Å²) >= 11 is 0. The van der Waals surface area contributed by atoms with Crippen LogP contribution in [0.5, 0.6) is 0 Å². The van der Waals surface area contributed by atoms with E-state index in [4.69, 9.17) is 10.2 Å². The second kappa shape index (κ2) is 17.2. The van der Waals surface area contributed by atoms with Crippen molar-refractivity contribution >= 4 is 18.7 Å². The molecule has 0 unspecified atom stereocenters. The number of rotatable bonds is 18. The van der Waals surface area contributed by atoms with Crippen LogP contribution in [-0.4, -0.2) is 39.1 Å². The van der Waals surface area contributed by atoms with Crippen LogP contribution in [-0.2, 0) is 4.43 Å². The average Bonchev–Trinajstić information content (AvgIpc) is 3.43. The summed E-state index contributed by atoms with van der Waals surface area (Å²) < 4.78 is 7.32. The maximum absolute atomic E-state index is 9.37. The lowest BCUT2D eigenvalue weighted by Crippen LogP contribution is -2.67. The van der Waals surface area contributed by atoms with Crippen molar-refractivity contribution in [3.63, 3.8) is 0 Å². The summed E-state index contributed by atoms with van der Waals surface area (Å²) in [5, 5.41) is 10.5. The molecule has 1 saturated heterocycles. The standard InChI is InChI=1S/C35H57N5OSi/c1-6-7-8-9-10-11-14-19-29(36)26-30-24-25-34(38-30)33(28(2)39-40-37)27-41-42(35(3,4)5,31-20-15-12-16-21-31)32-22-17-13-18-23-32/h12-13,15-18,20-23,28-30,33-34,38H,6-11,14,19,24-27,36H2,1-5H3/t28-,29+,30-,33+,34+/m0/s1. The Balaban J connectivity index is 1.71. The summed E-state index contributed by atoms with van der Waals surface area (Å²) in [5.41, 5.74) is 16.0. The first-order chi connectivity index (χ1) is 20.2. The highest BCUT2D eigenvalue weighted by Crippen LogP contribution is 2.38. The summed E-state index contributed by atoms with van der Waals surface area (Å²) in [6, 6.07) is 22.2. The Morgan fingerprint density at radius 1 is 0.952 bits per heavy atom. The van der Waals surface area contributed by atoms with Crippen LogP contribution in [0.15, 0.2) is 65.8 Å². The molecule has 3 N–H and O–H groups in total. The van der Waals surface area contributed by atoms with E-state index < -0.39 is 8.32 Å². The first-order valence-corrected chi connectivity index (χ1v) is 18.4. The topological polar surface area (TPSA) is 96.0 Å². The number of hydrogen-bond acceptors (Lipinski definition) is 4. The second-order valence-corrected chi connectivity index (χ2v) is 17.8. The Morgan fingerprint density at radius 2 is 1.52 bits per heavy atom. The number of nitrogens with zero attached hydrogens (tertiary/aromatic N) is 3. The molecule has 1 aliphatic rings. The molecule has 0 aromatic heterocycles. The summed E-state index contributed by atoms with van der Waals surface area (Å²) in [6.45, 7) is 11.8. The predicted octanol–water partition coefficient (Wildman–Crippen LogP) is 7.86. The van der Waals surface area contributed by atoms with Gasteiger partial charge in [-0.1, -0.05) is 145 Å². The summed E-state index contributed by atoms with van der Waals surface area (Å²) in [4.78, 5) is 3.20. The van der Waals surface area contributed by atoms with Crippen LogP contribution in [0.2, 0.25) is 5.04 Å². The van der Waals surface area contributed by atoms with E-state index >= 15 is 0 Å². The van der Waals surface area contributed by atoms with E-state index in [0.29, 0.717) is 12.6 Å². The van der Waals surface area contributed by atoms with E-state index in [0.717, 1.165) is 25.7 Å². The van der Waals surface area contributed by atoms with E-state index in [1.807, 2.05) is 6.92 Å². The second-order valence-electron chi connectivity index (χ2n) is 13.5. The van der Waals surface area contributed by atoms with Gasteiger partial charge in [-0.15, -0.1) is 0 Å². The molecule has 42 heavy (non-hydrogen) atoms. The highest BCUT2D eigenvalue weighted by atomic mass is 28.4. The Hall–Kier alpha value is -2.15. The fourth-order valence-electron chi connectivity index (χ4n) is 6.96. The van der Waals surface area contributed by atoms with Crippen molar-refractivity contribution in [2.75, 3.05) is 6.61 Å². The van der Waals surface area contributed by atoms with Gasteiger partial charge in [0.25, 0.3) is 8.32 Å². The van der Waals surface area contributed by atoms with E-state index in [-0.39, 0.29) is 29.1 Å². The molecule has 0 aliphatic carbocycles. The van der Waals surface area contributed by atoms with E-state index in [1.165, 1.54) is 55.3 Å². The summed E-state index contributed by atoms with van der Waals surface area (Å²) in [7, 11) is -2.69. The van der Waals surface area contributed by atoms with E-state index in [2.05, 4.69) is 104 Å². The molecule has 1 aliphatic heterocycles. The molecule has 2 aromatic carbocycles. The Morgan fingerprint density at radius 3 is 2.07 bits per heavy atom. The van der Waals surface area contributed by atoms with Crippen LogP contribution >= 0.6 is 0 Å². The van der Waals surface area contributed by atoms with Gasteiger partial charge < -0.3 is 15.5 Å². The van der Waals surface area contributed by atoms with Gasteiger partial charge in [0, 0.05) is 41.6 Å². The SMILES string of the molecule is CCCCCCCCC[C@@H](N)C[C@@H]1CC[C@H]([C@H](CO[Si](c2ccccc2)(c2ccccc2)C(C)(C)C)[C@H](C)N=[N+]=[N-])N1. The van der Waals surface area contributed by atoms with Crippen LogP contribution in [0.1, 0.15) is 105 Å². The van der Waals surface area contributed by atoms with Crippen LogP contribution in [0.3, 0.4) is 0 Å². The van der Waals surface area contributed by atoms with Gasteiger partial charge in [-0.05, 0) is 46.6 Å². The van der Waals surface area contributed by atoms with E-state index in [1.54, 1.807) is 0 Å². The van der Waals surface area contributed by atoms with Crippen LogP contribution in [0.25, 0.3) is 10.4 Å². The summed E-state index contributed by atoms with van der Waals surface area (Å²) in [5.74, 6) is 0.0758. The first kappa shape index (κ1) is 34.3. The molecule has 0 bridgehead atoms. The lowest BCUT2D eigenvalue weighted by Gasteiger charge is -2.44. The number of hydrogen-bond donors (Lipinski definition) is 2. The third-order valence-electron chi connectivity index (χ3n) is 9.32. The smallest absolute Gasteiger partial charge is 0.261 e. The van der Waals surface area contributed by atoms with Gasteiger partial charge >= 0.3 is 0 Å². The van der Waals surface area contributed by atoms with Crippen LogP contribution < -0.4 is 21.4 Å². The molecule has 0 spiro atoms. The fourth-order valence-corrected chi connectivity index (χ4v) is 11.6. The van der Waals surface area contributed by atoms with Crippen LogP contribution in [0.4, 0.5) is 0 Å². The minimum Gasteiger partial charge on any atom is -0.407 e. The molecule has 0 saturated carbocycles. The monoisotopic (exact) mass is 591 g/mol. The predicted molar refractivity (Wildman–Crippen MR) is 181 cm³/mol. The molecule has 1 fully saturated rings. The molecule has 1 heterocycles. The van der Waals surface area contributed by atoms with Crippen molar-refractivity contribution in [3.8, 4) is 0 Å². The largest absolute Gasteiger partial charge is 0.407 e. The molecule has 2 aromatic rings. The van der Waals surface area contributed by atoms with Gasteiger partial charge in [0.2, 0.25) is 0 Å². The highest BCUT2D eigenvalue weighted by molar-refractivity contribution is 6.99. The Kier molecular flexibility index (Phi) is 14.1. The zero-order valence-corrected chi connectivity index (χ0v) is 28.0. The lowest BCUT2D eigenvalue weighted by atomic mass is 9.93.